The van der Waals surface area contributed by atoms with Crippen LogP contribution in [0.15, 0.2) is 115 Å². The maximum Gasteiger partial charge on any atom is 0.301 e. The predicted molar refractivity (Wildman–Crippen MR) is 150 cm³/mol. The van der Waals surface area contributed by atoms with Crippen molar-refractivity contribution in [2.45, 2.75) is 26.2 Å². The van der Waals surface area contributed by atoms with Crippen molar-refractivity contribution in [2.75, 3.05) is 13.2 Å². The summed E-state index contributed by atoms with van der Waals surface area (Å²) in [4.78, 5) is 14.3. The normalized spacial score (nSPS) is 12.6. The van der Waals surface area contributed by atoms with Gasteiger partial charge in [0, 0.05) is 5.56 Å². The van der Waals surface area contributed by atoms with Crippen LogP contribution in [0.5, 0.6) is 0 Å². The Bertz CT molecular complexity index is 1150. The molecule has 0 amide bonds. The molecule has 0 aliphatic carbocycles. The zero-order valence-corrected chi connectivity index (χ0v) is 22.7. The van der Waals surface area contributed by atoms with Gasteiger partial charge in [0.25, 0.3) is 5.78 Å². The van der Waals surface area contributed by atoms with E-state index in [9.17, 15) is 4.89 Å². The Balaban J connectivity index is 1.85. The van der Waals surface area contributed by atoms with Crippen LogP contribution in [0.3, 0.4) is 0 Å². The van der Waals surface area contributed by atoms with Gasteiger partial charge in [0.1, 0.15) is 6.54 Å². The molecule has 0 radical (unpaired) electrons. The average molecular weight is 519 g/mol. The molecule has 0 heterocycles. The molecule has 36 heavy (non-hydrogen) atoms. The van der Waals surface area contributed by atoms with Crippen LogP contribution in [-0.2, 0) is 15.6 Å². The van der Waals surface area contributed by atoms with Crippen molar-refractivity contribution in [1.82, 2.24) is 0 Å². The Hall–Kier alpha value is -2.42. The molecule has 186 valence electrons. The average Bonchev–Trinajstić information content (AvgIpc) is 2.92. The Labute approximate surface area is 216 Å². The highest BCUT2D eigenvalue weighted by Crippen LogP contribution is 2.61. The zero-order chi connectivity index (χ0) is 25.2. The van der Waals surface area contributed by atoms with E-state index in [-0.39, 0.29) is 0 Å². The largest absolute Gasteiger partial charge is 0.626 e. The second kappa shape index (κ2) is 13.2. The third kappa shape index (κ3) is 6.47. The molecule has 0 fully saturated rings. The van der Waals surface area contributed by atoms with E-state index in [1.165, 1.54) is 15.9 Å². The van der Waals surface area contributed by atoms with Crippen LogP contribution in [0.2, 0.25) is 0 Å². The summed E-state index contributed by atoms with van der Waals surface area (Å²) in [5.74, 6) is -0.494. The second-order valence-corrected chi connectivity index (χ2v) is 12.6. The monoisotopic (exact) mass is 518 g/mol. The fourth-order valence-corrected chi connectivity index (χ4v) is 9.02. The summed E-state index contributed by atoms with van der Waals surface area (Å²) < 4.78 is 11.9. The highest BCUT2D eigenvalue weighted by atomic mass is 31.2. The molecule has 4 aromatic rings. The molecule has 0 spiro atoms. The number of quaternary nitrogens is 1. The molecule has 1 unspecified atom stereocenters. The Morgan fingerprint density at radius 1 is 0.694 bits per heavy atom. The van der Waals surface area contributed by atoms with Gasteiger partial charge in [-0.3, -0.25) is 0 Å². The van der Waals surface area contributed by atoms with E-state index in [0.717, 1.165) is 11.1 Å². The van der Waals surface area contributed by atoms with E-state index < -0.39 is 21.6 Å². The van der Waals surface area contributed by atoms with Crippen LogP contribution in [0, 0.1) is 0 Å². The molecule has 4 aromatic carbocycles. The quantitative estimate of drug-likeness (QED) is 0.283. The van der Waals surface area contributed by atoms with E-state index in [0.29, 0.717) is 19.8 Å². The van der Waals surface area contributed by atoms with Gasteiger partial charge in [-0.15, -0.1) is 0 Å². The number of hydrogen-bond donors (Lipinski definition) is 1. The second-order valence-electron chi connectivity index (χ2n) is 8.31. The molecular weight excluding hydrogens is 484 g/mol. The minimum Gasteiger partial charge on any atom is -0.626 e. The van der Waals surface area contributed by atoms with E-state index in [1.54, 1.807) is 0 Å². The Morgan fingerprint density at radius 3 is 1.69 bits per heavy atom. The van der Waals surface area contributed by atoms with Crippen LogP contribution >= 0.6 is 15.9 Å². The third-order valence-electron chi connectivity index (χ3n) is 5.90. The molecule has 6 heteroatoms. The maximum absolute atomic E-state index is 14.3. The molecular formula is C30H34NO3P2+. The molecule has 0 saturated heterocycles. The summed E-state index contributed by atoms with van der Waals surface area (Å²) in [6.45, 7) is 5.04. The summed E-state index contributed by atoms with van der Waals surface area (Å²) >= 11 is 0. The first-order valence-electron chi connectivity index (χ1n) is 12.4. The molecule has 4 nitrogen and oxygen atoms in total. The van der Waals surface area contributed by atoms with Crippen LogP contribution in [0.4, 0.5) is 0 Å². The van der Waals surface area contributed by atoms with Crippen LogP contribution in [-0.4, -0.2) is 13.2 Å². The van der Waals surface area contributed by atoms with E-state index >= 15 is 0 Å². The van der Waals surface area contributed by atoms with Gasteiger partial charge in [-0.2, -0.15) is 0 Å². The van der Waals surface area contributed by atoms with E-state index in [4.69, 9.17) is 9.05 Å². The minimum absolute atomic E-state index is 0.321. The molecule has 0 aliphatic heterocycles. The lowest BCUT2D eigenvalue weighted by molar-refractivity contribution is -0.697. The standard InChI is InChI=1S/C30H33NO3P2/c1-3-33-36(32,34-4-2)30(31-24-25-16-8-5-9-17-25)28-22-14-15-23-29(28)35(26-18-10-6-11-19-26)27-20-12-7-13-21-27/h5-23,30-31H,3-4,24H2,1-2H3/p+1. The molecule has 1 atom stereocenters. The number of nitrogens with two attached hydrogens (primary N) is 1. The lowest BCUT2D eigenvalue weighted by atomic mass is 10.2. The maximum atomic E-state index is 14.3. The van der Waals surface area contributed by atoms with Gasteiger partial charge in [0.15, 0.2) is 0 Å². The smallest absolute Gasteiger partial charge is 0.301 e. The van der Waals surface area contributed by atoms with Gasteiger partial charge in [0.2, 0.25) is 0 Å². The van der Waals surface area contributed by atoms with Crippen LogP contribution < -0.4 is 26.1 Å². The first kappa shape index (κ1) is 26.6. The van der Waals surface area contributed by atoms with Crippen molar-refractivity contribution in [1.29, 1.82) is 0 Å². The molecule has 4 rings (SSSR count). The van der Waals surface area contributed by atoms with Crippen LogP contribution in [0.1, 0.15) is 30.8 Å². The zero-order valence-electron chi connectivity index (χ0n) is 20.9. The van der Waals surface area contributed by atoms with Crippen LogP contribution in [0.25, 0.3) is 0 Å². The topological polar surface area (TPSA) is 58.1 Å². The number of rotatable bonds is 12. The lowest BCUT2D eigenvalue weighted by Gasteiger charge is -2.33. The fourth-order valence-electron chi connectivity index (χ4n) is 4.37. The highest BCUT2D eigenvalue weighted by Gasteiger charge is 2.47. The van der Waals surface area contributed by atoms with E-state index in [2.05, 4.69) is 84.2 Å². The van der Waals surface area contributed by atoms with Crippen molar-refractivity contribution in [3.63, 3.8) is 0 Å². The number of benzene rings is 4. The summed E-state index contributed by atoms with van der Waals surface area (Å²) in [6, 6.07) is 39.8. The predicted octanol–water partition coefficient (Wildman–Crippen LogP) is 4.40. The highest BCUT2D eigenvalue weighted by molar-refractivity contribution is 7.80. The molecule has 0 saturated carbocycles. The summed E-state index contributed by atoms with van der Waals surface area (Å²) in [5.41, 5.74) is 2.16. The number of hydrogen-bond acceptors (Lipinski definition) is 3. The van der Waals surface area contributed by atoms with Crippen molar-refractivity contribution < 1.29 is 19.3 Å². The van der Waals surface area contributed by atoms with Crippen molar-refractivity contribution in [3.05, 3.63) is 126 Å². The molecule has 0 aromatic heterocycles. The van der Waals surface area contributed by atoms with Crippen molar-refractivity contribution >= 4 is 31.8 Å². The SMILES string of the molecule is CCO[P+]([O-])(OCC)C([NH2+]Cc1ccccc1)c1ccccc1P(c1ccccc1)c1ccccc1. The molecule has 2 N–H and O–H groups in total. The summed E-state index contributed by atoms with van der Waals surface area (Å²) in [7, 11) is -4.37. The van der Waals surface area contributed by atoms with Gasteiger partial charge in [-0.25, -0.2) is 9.05 Å². The first-order valence-corrected chi connectivity index (χ1v) is 15.4. The van der Waals surface area contributed by atoms with Gasteiger partial charge < -0.3 is 10.2 Å². The van der Waals surface area contributed by atoms with E-state index in [1.807, 2.05) is 50.2 Å². The fraction of sp³-hybridized carbons (Fsp3) is 0.200. The van der Waals surface area contributed by atoms with Gasteiger partial charge >= 0.3 is 7.94 Å². The van der Waals surface area contributed by atoms with Gasteiger partial charge in [-0.05, 0) is 43.7 Å². The van der Waals surface area contributed by atoms with Gasteiger partial charge in [-0.1, -0.05) is 109 Å². The lowest BCUT2D eigenvalue weighted by Crippen LogP contribution is -2.84. The molecule has 0 bridgehead atoms. The Kier molecular flexibility index (Phi) is 9.78. The first-order chi connectivity index (χ1) is 17.7. The minimum atomic E-state index is -3.48. The Morgan fingerprint density at radius 2 is 1.17 bits per heavy atom. The summed E-state index contributed by atoms with van der Waals surface area (Å²) in [6.07, 6.45) is 0. The van der Waals surface area contributed by atoms with Gasteiger partial charge in [0.05, 0.1) is 18.8 Å². The summed E-state index contributed by atoms with van der Waals surface area (Å²) in [5, 5.41) is 5.77. The van der Waals surface area contributed by atoms with Crippen molar-refractivity contribution in [2.24, 2.45) is 0 Å². The third-order valence-corrected chi connectivity index (χ3v) is 10.8. The molecule has 0 aliphatic rings. The van der Waals surface area contributed by atoms with Crippen molar-refractivity contribution in [3.8, 4) is 0 Å².